The van der Waals surface area contributed by atoms with E-state index in [1.807, 2.05) is 41.5 Å². The van der Waals surface area contributed by atoms with E-state index in [0.29, 0.717) is 30.3 Å². The van der Waals surface area contributed by atoms with Crippen molar-refractivity contribution < 1.29 is 9.53 Å². The molecule has 3 rings (SSSR count). The van der Waals surface area contributed by atoms with Gasteiger partial charge in [0.1, 0.15) is 11.6 Å². The van der Waals surface area contributed by atoms with Gasteiger partial charge in [-0.2, -0.15) is 0 Å². The number of benzene rings is 1. The predicted molar refractivity (Wildman–Crippen MR) is 95.8 cm³/mol. The van der Waals surface area contributed by atoms with Crippen LogP contribution in [0.2, 0.25) is 5.02 Å². The Kier molecular flexibility index (Phi) is 6.28. The Morgan fingerprint density at radius 3 is 2.87 bits per heavy atom. The highest BCUT2D eigenvalue weighted by molar-refractivity contribution is 7.10. The van der Waals surface area contributed by atoms with Gasteiger partial charge in [-0.1, -0.05) is 29.8 Å². The van der Waals surface area contributed by atoms with Gasteiger partial charge >= 0.3 is 0 Å². The molecule has 0 radical (unpaired) electrons. The minimum atomic E-state index is -0.257. The summed E-state index contributed by atoms with van der Waals surface area (Å²) in [5.74, 6) is 2.09. The number of thiophene rings is 1. The molecule has 0 fully saturated rings. The summed E-state index contributed by atoms with van der Waals surface area (Å²) in [5, 5.41) is 2.73. The third-order valence-corrected chi connectivity index (χ3v) is 5.05. The molecule has 2 heterocycles. The lowest BCUT2D eigenvalue weighted by Gasteiger charge is -2.37. The fourth-order valence-corrected chi connectivity index (χ4v) is 3.80. The summed E-state index contributed by atoms with van der Waals surface area (Å²) < 4.78 is 5.91. The molecule has 1 aliphatic rings. The largest absolute Gasteiger partial charge is 0.354 e. The molecule has 1 aliphatic heterocycles. The number of carbonyl (C=O) groups excluding carboxylic acids is 1. The number of ether oxygens (including phenoxy) is 1. The highest BCUT2D eigenvalue weighted by Gasteiger charge is 2.32. The Hall–Kier alpha value is -1.29. The molecule has 0 N–H and O–H groups in total. The average Bonchev–Trinajstić information content (AvgIpc) is 2.99. The van der Waals surface area contributed by atoms with Crippen molar-refractivity contribution in [1.82, 2.24) is 4.90 Å². The maximum absolute atomic E-state index is 11.4. The van der Waals surface area contributed by atoms with E-state index in [4.69, 9.17) is 16.3 Å². The second-order valence-corrected chi connectivity index (χ2v) is 6.46. The van der Waals surface area contributed by atoms with Crippen molar-refractivity contribution in [1.29, 1.82) is 0 Å². The smallest absolute Gasteiger partial charge is 0.158 e. The average molecular weight is 370 g/mol. The Labute approximate surface area is 150 Å². The molecule has 0 aliphatic carbocycles. The SMILES string of the molecule is CCOC1c2ccsc2CC(=C=O)N1Cc1ccccc1Cl.Cl. The molecule has 1 atom stereocenters. The molecule has 0 bridgehead atoms. The third-order valence-electron chi connectivity index (χ3n) is 3.74. The summed E-state index contributed by atoms with van der Waals surface area (Å²) in [6.07, 6.45) is 0.345. The summed E-state index contributed by atoms with van der Waals surface area (Å²) in [6.45, 7) is 3.06. The molecule has 1 unspecified atom stereocenters. The first-order valence-corrected chi connectivity index (χ1v) is 8.42. The summed E-state index contributed by atoms with van der Waals surface area (Å²) >= 11 is 7.92. The van der Waals surface area contributed by atoms with E-state index in [1.54, 1.807) is 11.3 Å². The lowest BCUT2D eigenvalue weighted by atomic mass is 10.0. The van der Waals surface area contributed by atoms with Crippen molar-refractivity contribution in [2.24, 2.45) is 0 Å². The molecule has 122 valence electrons. The Bertz CT molecular complexity index is 725. The van der Waals surface area contributed by atoms with Gasteiger partial charge < -0.3 is 9.64 Å². The normalized spacial score (nSPS) is 16.5. The van der Waals surface area contributed by atoms with E-state index in [1.165, 1.54) is 4.88 Å². The molecule has 0 spiro atoms. The molecular weight excluding hydrogens is 353 g/mol. The number of allylic oxidation sites excluding steroid dienone is 1. The number of nitrogens with zero attached hydrogens (tertiary/aromatic N) is 1. The van der Waals surface area contributed by atoms with E-state index in [-0.39, 0.29) is 18.6 Å². The van der Waals surface area contributed by atoms with Crippen LogP contribution in [-0.2, 0) is 22.5 Å². The minimum absolute atomic E-state index is 0. The van der Waals surface area contributed by atoms with Crippen LogP contribution >= 0.6 is 35.3 Å². The van der Waals surface area contributed by atoms with E-state index >= 15 is 0 Å². The molecule has 2 aromatic rings. The molecule has 6 heteroatoms. The van der Waals surface area contributed by atoms with Gasteiger partial charge in [0.25, 0.3) is 0 Å². The summed E-state index contributed by atoms with van der Waals surface area (Å²) in [5.41, 5.74) is 2.73. The van der Waals surface area contributed by atoms with Crippen LogP contribution in [0.5, 0.6) is 0 Å². The Morgan fingerprint density at radius 2 is 2.17 bits per heavy atom. The zero-order valence-electron chi connectivity index (χ0n) is 12.6. The van der Waals surface area contributed by atoms with Gasteiger partial charge in [-0.15, -0.1) is 23.7 Å². The number of fused-ring (bicyclic) bond motifs is 1. The van der Waals surface area contributed by atoms with Crippen molar-refractivity contribution in [3.8, 4) is 0 Å². The minimum Gasteiger partial charge on any atom is -0.354 e. The molecule has 0 amide bonds. The van der Waals surface area contributed by atoms with E-state index in [0.717, 1.165) is 11.1 Å². The van der Waals surface area contributed by atoms with Crippen LogP contribution in [0.1, 0.15) is 29.2 Å². The maximum atomic E-state index is 11.4. The topological polar surface area (TPSA) is 29.5 Å². The van der Waals surface area contributed by atoms with Gasteiger partial charge in [0.15, 0.2) is 6.23 Å². The van der Waals surface area contributed by atoms with Crippen molar-refractivity contribution in [3.63, 3.8) is 0 Å². The van der Waals surface area contributed by atoms with Gasteiger partial charge in [0, 0.05) is 35.0 Å². The number of halogens is 2. The van der Waals surface area contributed by atoms with Gasteiger partial charge in [0.2, 0.25) is 0 Å². The second kappa shape index (κ2) is 8.00. The molecule has 23 heavy (non-hydrogen) atoms. The maximum Gasteiger partial charge on any atom is 0.158 e. The van der Waals surface area contributed by atoms with Crippen LogP contribution in [0.15, 0.2) is 41.4 Å². The van der Waals surface area contributed by atoms with E-state index in [2.05, 4.69) is 12.0 Å². The fourth-order valence-electron chi connectivity index (χ4n) is 2.70. The zero-order valence-corrected chi connectivity index (χ0v) is 15.0. The number of hydrogen-bond acceptors (Lipinski definition) is 4. The molecule has 0 saturated carbocycles. The third kappa shape index (κ3) is 3.63. The summed E-state index contributed by atoms with van der Waals surface area (Å²) in [4.78, 5) is 14.6. The van der Waals surface area contributed by atoms with Crippen LogP contribution in [0.25, 0.3) is 0 Å². The lowest BCUT2D eigenvalue weighted by molar-refractivity contribution is -0.0491. The van der Waals surface area contributed by atoms with Crippen LogP contribution in [0.3, 0.4) is 0 Å². The monoisotopic (exact) mass is 369 g/mol. The van der Waals surface area contributed by atoms with Crippen LogP contribution < -0.4 is 0 Å². The summed E-state index contributed by atoms with van der Waals surface area (Å²) in [6, 6.07) is 9.74. The van der Waals surface area contributed by atoms with Crippen molar-refractivity contribution in [2.45, 2.75) is 26.1 Å². The molecule has 0 saturated heterocycles. The quantitative estimate of drug-likeness (QED) is 0.735. The summed E-state index contributed by atoms with van der Waals surface area (Å²) in [7, 11) is 0. The van der Waals surface area contributed by atoms with Gasteiger partial charge in [-0.25, -0.2) is 4.79 Å². The van der Waals surface area contributed by atoms with Gasteiger partial charge in [0.05, 0.1) is 0 Å². The van der Waals surface area contributed by atoms with E-state index in [9.17, 15) is 4.79 Å². The standard InChI is InChI=1S/C17H16ClNO2S.ClH/c1-2-21-17-14-7-8-22-16(14)9-13(11-20)19(17)10-12-5-3-4-6-15(12)18;/h3-8,17H,2,9-10H2,1H3;1H. The first-order valence-electron chi connectivity index (χ1n) is 7.16. The highest BCUT2D eigenvalue weighted by atomic mass is 35.5. The highest BCUT2D eigenvalue weighted by Crippen LogP contribution is 2.39. The molecular formula is C17H17Cl2NO2S. The zero-order chi connectivity index (χ0) is 15.5. The van der Waals surface area contributed by atoms with Crippen LogP contribution in [0.4, 0.5) is 0 Å². The Balaban J connectivity index is 0.00000192. The number of hydrogen-bond donors (Lipinski definition) is 0. The van der Waals surface area contributed by atoms with Crippen molar-refractivity contribution >= 4 is 41.3 Å². The first kappa shape index (κ1) is 18.1. The van der Waals surface area contributed by atoms with Crippen LogP contribution in [0, 0.1) is 0 Å². The predicted octanol–water partition coefficient (Wildman–Crippen LogP) is 4.63. The Morgan fingerprint density at radius 1 is 1.39 bits per heavy atom. The first-order chi connectivity index (χ1) is 10.7. The lowest BCUT2D eigenvalue weighted by Crippen LogP contribution is -2.34. The van der Waals surface area contributed by atoms with E-state index < -0.39 is 0 Å². The van der Waals surface area contributed by atoms with Crippen molar-refractivity contribution in [2.75, 3.05) is 6.61 Å². The van der Waals surface area contributed by atoms with Crippen molar-refractivity contribution in [3.05, 3.63) is 62.4 Å². The fraction of sp³-hybridized carbons (Fsp3) is 0.294. The van der Waals surface area contributed by atoms with Crippen LogP contribution in [-0.4, -0.2) is 17.4 Å². The number of rotatable bonds is 4. The van der Waals surface area contributed by atoms with Gasteiger partial charge in [-0.05, 0) is 30.0 Å². The molecule has 1 aromatic carbocycles. The molecule has 1 aromatic heterocycles. The second-order valence-electron chi connectivity index (χ2n) is 5.05. The van der Waals surface area contributed by atoms with Gasteiger partial charge in [-0.3, -0.25) is 0 Å². The molecule has 3 nitrogen and oxygen atoms in total.